The third-order valence-corrected chi connectivity index (χ3v) is 5.66. The molecule has 0 radical (unpaired) electrons. The van der Waals surface area contributed by atoms with Gasteiger partial charge in [0, 0.05) is 40.2 Å². The molecule has 1 aromatic heterocycles. The highest BCUT2D eigenvalue weighted by molar-refractivity contribution is 7.13. The number of carbonyl (C=O) groups is 2. The van der Waals surface area contributed by atoms with Gasteiger partial charge in [-0.25, -0.2) is 4.98 Å². The van der Waals surface area contributed by atoms with Gasteiger partial charge in [-0.15, -0.1) is 11.3 Å². The van der Waals surface area contributed by atoms with Crippen LogP contribution in [0, 0.1) is 5.92 Å². The highest BCUT2D eigenvalue weighted by Crippen LogP contribution is 2.32. The van der Waals surface area contributed by atoms with E-state index in [1.807, 2.05) is 60.8 Å². The van der Waals surface area contributed by atoms with Crippen LogP contribution in [0.25, 0.3) is 21.8 Å². The molecule has 29 heavy (non-hydrogen) atoms. The van der Waals surface area contributed by atoms with Crippen molar-refractivity contribution in [3.8, 4) is 21.8 Å². The minimum absolute atomic E-state index is 0.0323. The highest BCUT2D eigenvalue weighted by Gasteiger charge is 2.29. The van der Waals surface area contributed by atoms with Gasteiger partial charge in [-0.3, -0.25) is 9.59 Å². The van der Waals surface area contributed by atoms with E-state index in [9.17, 15) is 9.59 Å². The Labute approximate surface area is 174 Å². The predicted octanol–water partition coefficient (Wildman–Crippen LogP) is 5.56. The quantitative estimate of drug-likeness (QED) is 0.540. The highest BCUT2D eigenvalue weighted by atomic mass is 32.1. The van der Waals surface area contributed by atoms with Gasteiger partial charge < -0.3 is 10.6 Å². The molecular weight excluding hydrogens is 382 g/mol. The van der Waals surface area contributed by atoms with E-state index < -0.39 is 0 Å². The lowest BCUT2D eigenvalue weighted by atomic mass is 10.1. The van der Waals surface area contributed by atoms with Gasteiger partial charge in [-0.1, -0.05) is 31.2 Å². The summed E-state index contributed by atoms with van der Waals surface area (Å²) in [5.41, 5.74) is 4.48. The SMILES string of the molecule is CCCC(=O)Nc1ccc(-c2csc(-c3cccc(NC(=O)C4CC4)c3)n2)cc1. The molecule has 1 aliphatic rings. The molecule has 0 saturated heterocycles. The summed E-state index contributed by atoms with van der Waals surface area (Å²) in [4.78, 5) is 28.5. The minimum Gasteiger partial charge on any atom is -0.326 e. The number of hydrogen-bond acceptors (Lipinski definition) is 4. The first-order valence-electron chi connectivity index (χ1n) is 9.89. The van der Waals surface area contributed by atoms with E-state index in [0.717, 1.165) is 52.5 Å². The second kappa shape index (κ2) is 8.57. The Morgan fingerprint density at radius 3 is 2.55 bits per heavy atom. The number of thiazole rings is 1. The van der Waals surface area contributed by atoms with Crippen molar-refractivity contribution < 1.29 is 9.59 Å². The first-order valence-corrected chi connectivity index (χ1v) is 10.8. The van der Waals surface area contributed by atoms with Crippen molar-refractivity contribution in [1.29, 1.82) is 0 Å². The van der Waals surface area contributed by atoms with E-state index in [2.05, 4.69) is 10.6 Å². The summed E-state index contributed by atoms with van der Waals surface area (Å²) in [6, 6.07) is 15.5. The van der Waals surface area contributed by atoms with E-state index in [1.165, 1.54) is 0 Å². The second-order valence-electron chi connectivity index (χ2n) is 7.26. The number of hydrogen-bond donors (Lipinski definition) is 2. The molecule has 0 unspecified atom stereocenters. The number of carbonyl (C=O) groups excluding carboxylic acids is 2. The van der Waals surface area contributed by atoms with Gasteiger partial charge >= 0.3 is 0 Å². The van der Waals surface area contributed by atoms with E-state index >= 15 is 0 Å². The predicted molar refractivity (Wildman–Crippen MR) is 118 cm³/mol. The fraction of sp³-hybridized carbons (Fsp3) is 0.261. The van der Waals surface area contributed by atoms with Crippen LogP contribution in [0.4, 0.5) is 11.4 Å². The first-order chi connectivity index (χ1) is 14.1. The molecule has 0 spiro atoms. The minimum atomic E-state index is 0.0323. The van der Waals surface area contributed by atoms with Crippen LogP contribution >= 0.6 is 11.3 Å². The zero-order chi connectivity index (χ0) is 20.2. The molecule has 0 bridgehead atoms. The topological polar surface area (TPSA) is 71.1 Å². The van der Waals surface area contributed by atoms with E-state index in [1.54, 1.807) is 11.3 Å². The Bertz CT molecular complexity index is 1020. The molecule has 5 nitrogen and oxygen atoms in total. The van der Waals surface area contributed by atoms with Crippen LogP contribution in [0.15, 0.2) is 53.9 Å². The number of benzene rings is 2. The molecular formula is C23H23N3O2S. The molecule has 2 N–H and O–H groups in total. The van der Waals surface area contributed by atoms with Gasteiger partial charge in [0.05, 0.1) is 5.69 Å². The van der Waals surface area contributed by atoms with Gasteiger partial charge in [0.2, 0.25) is 11.8 Å². The van der Waals surface area contributed by atoms with Crippen LogP contribution in [0.5, 0.6) is 0 Å². The first kappa shape index (κ1) is 19.3. The second-order valence-corrected chi connectivity index (χ2v) is 8.12. The van der Waals surface area contributed by atoms with Gasteiger partial charge in [-0.05, 0) is 43.5 Å². The summed E-state index contributed by atoms with van der Waals surface area (Å²) < 4.78 is 0. The molecule has 4 rings (SSSR count). The molecule has 0 atom stereocenters. The summed E-state index contributed by atoms with van der Waals surface area (Å²) in [7, 11) is 0. The standard InChI is InChI=1S/C23H23N3O2S/c1-2-4-21(27)24-18-11-9-15(10-12-18)20-14-29-23(26-20)17-5-3-6-19(13-17)25-22(28)16-7-8-16/h3,5-6,9-14,16H,2,4,7-8H2,1H3,(H,24,27)(H,25,28). The summed E-state index contributed by atoms with van der Waals surface area (Å²) in [6.07, 6.45) is 3.33. The number of nitrogens with zero attached hydrogens (tertiary/aromatic N) is 1. The maximum absolute atomic E-state index is 12.0. The van der Waals surface area contributed by atoms with Crippen LogP contribution in [-0.4, -0.2) is 16.8 Å². The number of rotatable bonds is 7. The number of anilines is 2. The average molecular weight is 406 g/mol. The van der Waals surface area contributed by atoms with Crippen LogP contribution < -0.4 is 10.6 Å². The molecule has 1 saturated carbocycles. The van der Waals surface area contributed by atoms with Gasteiger partial charge in [-0.2, -0.15) is 0 Å². The molecule has 6 heteroatoms. The van der Waals surface area contributed by atoms with Gasteiger partial charge in [0.15, 0.2) is 0 Å². The lowest BCUT2D eigenvalue weighted by Crippen LogP contribution is -2.13. The largest absolute Gasteiger partial charge is 0.326 e. The monoisotopic (exact) mass is 405 g/mol. The Kier molecular flexibility index (Phi) is 5.71. The molecule has 0 aliphatic heterocycles. The van der Waals surface area contributed by atoms with Crippen molar-refractivity contribution in [2.45, 2.75) is 32.6 Å². The normalized spacial score (nSPS) is 13.1. The van der Waals surface area contributed by atoms with Crippen molar-refractivity contribution in [1.82, 2.24) is 4.98 Å². The molecule has 3 aromatic rings. The summed E-state index contributed by atoms with van der Waals surface area (Å²) >= 11 is 1.57. The lowest BCUT2D eigenvalue weighted by molar-refractivity contribution is -0.117. The van der Waals surface area contributed by atoms with E-state index in [-0.39, 0.29) is 17.7 Å². The Hall–Kier alpha value is -2.99. The number of nitrogens with one attached hydrogen (secondary N) is 2. The number of aromatic nitrogens is 1. The van der Waals surface area contributed by atoms with Gasteiger partial charge in [0.25, 0.3) is 0 Å². The van der Waals surface area contributed by atoms with Crippen molar-refractivity contribution in [3.05, 3.63) is 53.9 Å². The van der Waals surface area contributed by atoms with E-state index in [4.69, 9.17) is 4.98 Å². The Balaban J connectivity index is 1.47. The smallest absolute Gasteiger partial charge is 0.227 e. The zero-order valence-corrected chi connectivity index (χ0v) is 17.1. The van der Waals surface area contributed by atoms with Crippen molar-refractivity contribution >= 4 is 34.5 Å². The Morgan fingerprint density at radius 2 is 1.83 bits per heavy atom. The molecule has 1 heterocycles. The Morgan fingerprint density at radius 1 is 1.03 bits per heavy atom. The summed E-state index contributed by atoms with van der Waals surface area (Å²) in [5, 5.41) is 8.81. The van der Waals surface area contributed by atoms with Crippen molar-refractivity contribution in [3.63, 3.8) is 0 Å². The average Bonchev–Trinajstić information content (AvgIpc) is 3.46. The molecule has 2 aromatic carbocycles. The summed E-state index contributed by atoms with van der Waals surface area (Å²) in [5.74, 6) is 0.317. The fourth-order valence-electron chi connectivity index (χ4n) is 3.03. The maximum atomic E-state index is 12.0. The van der Waals surface area contributed by atoms with Gasteiger partial charge in [0.1, 0.15) is 5.01 Å². The lowest BCUT2D eigenvalue weighted by Gasteiger charge is -2.06. The third kappa shape index (κ3) is 4.90. The van der Waals surface area contributed by atoms with Crippen molar-refractivity contribution in [2.24, 2.45) is 5.92 Å². The van der Waals surface area contributed by atoms with Crippen LogP contribution in [-0.2, 0) is 9.59 Å². The molecule has 148 valence electrons. The zero-order valence-electron chi connectivity index (χ0n) is 16.3. The van der Waals surface area contributed by atoms with Crippen molar-refractivity contribution in [2.75, 3.05) is 10.6 Å². The number of amides is 2. The molecule has 1 aliphatic carbocycles. The summed E-state index contributed by atoms with van der Waals surface area (Å²) in [6.45, 7) is 1.99. The molecule has 2 amide bonds. The van der Waals surface area contributed by atoms with Crippen LogP contribution in [0.2, 0.25) is 0 Å². The van der Waals surface area contributed by atoms with E-state index in [0.29, 0.717) is 6.42 Å². The van der Waals surface area contributed by atoms with Crippen LogP contribution in [0.1, 0.15) is 32.6 Å². The maximum Gasteiger partial charge on any atom is 0.227 e. The van der Waals surface area contributed by atoms with Crippen LogP contribution in [0.3, 0.4) is 0 Å². The molecule has 1 fully saturated rings. The fourth-order valence-corrected chi connectivity index (χ4v) is 3.86. The third-order valence-electron chi connectivity index (χ3n) is 4.77.